The molecule has 0 aliphatic rings. The van der Waals surface area contributed by atoms with E-state index >= 15 is 0 Å². The van der Waals surface area contributed by atoms with Gasteiger partial charge in [-0.1, -0.05) is 6.07 Å². The van der Waals surface area contributed by atoms with E-state index in [1.807, 2.05) is 18.2 Å². The second kappa shape index (κ2) is 11.1. The van der Waals surface area contributed by atoms with Crippen LogP contribution < -0.4 is 20.1 Å². The molecule has 0 radical (unpaired) electrons. The van der Waals surface area contributed by atoms with Crippen LogP contribution in [0.5, 0.6) is 11.5 Å². The van der Waals surface area contributed by atoms with Crippen molar-refractivity contribution in [2.75, 3.05) is 20.8 Å². The summed E-state index contributed by atoms with van der Waals surface area (Å²) >= 11 is 1.69. The van der Waals surface area contributed by atoms with Crippen molar-refractivity contribution in [3.8, 4) is 11.5 Å². The van der Waals surface area contributed by atoms with Gasteiger partial charge in [-0.15, -0.1) is 24.0 Å². The van der Waals surface area contributed by atoms with Gasteiger partial charge in [-0.05, 0) is 47.0 Å². The Hall–Kier alpha value is -1.48. The number of halogens is 1. The lowest BCUT2D eigenvalue weighted by Crippen LogP contribution is -2.36. The van der Waals surface area contributed by atoms with E-state index in [2.05, 4.69) is 39.4 Å². The highest BCUT2D eigenvalue weighted by Crippen LogP contribution is 2.27. The SMILES string of the molecule is CCNC(=NCc1ccsc1)NCc1ccc(OC)c(OC)c1.I. The minimum atomic E-state index is 0. The summed E-state index contributed by atoms with van der Waals surface area (Å²) in [5, 5.41) is 10.8. The number of hydrogen-bond acceptors (Lipinski definition) is 4. The standard InChI is InChI=1S/C17H23N3O2S.HI/c1-4-18-17(20-11-14-7-8-23-12-14)19-10-13-5-6-15(21-2)16(9-13)22-3;/h5-9,12H,4,10-11H2,1-3H3,(H2,18,19,20);1H. The van der Waals surface area contributed by atoms with Crippen LogP contribution in [-0.2, 0) is 13.1 Å². The minimum Gasteiger partial charge on any atom is -0.493 e. The number of thiophene rings is 1. The van der Waals surface area contributed by atoms with Crippen LogP contribution in [0.2, 0.25) is 0 Å². The van der Waals surface area contributed by atoms with Gasteiger partial charge in [0, 0.05) is 13.1 Å². The summed E-state index contributed by atoms with van der Waals surface area (Å²) in [7, 11) is 3.28. The van der Waals surface area contributed by atoms with Crippen LogP contribution in [0.1, 0.15) is 18.1 Å². The second-order valence-corrected chi connectivity index (χ2v) is 5.65. The fraction of sp³-hybridized carbons (Fsp3) is 0.353. The van der Waals surface area contributed by atoms with Crippen LogP contribution in [0.15, 0.2) is 40.0 Å². The molecule has 0 bridgehead atoms. The molecule has 7 heteroatoms. The van der Waals surface area contributed by atoms with E-state index in [9.17, 15) is 0 Å². The first-order valence-corrected chi connectivity index (χ1v) is 8.45. The zero-order chi connectivity index (χ0) is 16.5. The Morgan fingerprint density at radius 1 is 1.08 bits per heavy atom. The van der Waals surface area contributed by atoms with E-state index in [0.29, 0.717) is 13.1 Å². The second-order valence-electron chi connectivity index (χ2n) is 4.87. The van der Waals surface area contributed by atoms with Crippen molar-refractivity contribution in [3.63, 3.8) is 0 Å². The molecule has 0 saturated carbocycles. The number of rotatable bonds is 7. The quantitative estimate of drug-likeness (QED) is 0.376. The van der Waals surface area contributed by atoms with Gasteiger partial charge in [0.25, 0.3) is 0 Å². The summed E-state index contributed by atoms with van der Waals surface area (Å²) in [5.74, 6) is 2.26. The predicted octanol–water partition coefficient (Wildman–Crippen LogP) is 3.64. The minimum absolute atomic E-state index is 0. The molecule has 0 fully saturated rings. The van der Waals surface area contributed by atoms with Crippen LogP contribution in [-0.4, -0.2) is 26.7 Å². The Balaban J connectivity index is 0.00000288. The summed E-state index contributed by atoms with van der Waals surface area (Å²) < 4.78 is 10.6. The zero-order valence-corrected chi connectivity index (χ0v) is 17.3. The third-order valence-electron chi connectivity index (χ3n) is 3.25. The van der Waals surface area contributed by atoms with Crippen LogP contribution >= 0.6 is 35.3 Å². The third kappa shape index (κ3) is 6.20. The number of methoxy groups -OCH3 is 2. The Morgan fingerprint density at radius 2 is 1.88 bits per heavy atom. The van der Waals surface area contributed by atoms with Gasteiger partial charge in [-0.25, -0.2) is 4.99 Å². The van der Waals surface area contributed by atoms with Crippen molar-refractivity contribution < 1.29 is 9.47 Å². The largest absolute Gasteiger partial charge is 0.493 e. The Kier molecular flexibility index (Phi) is 9.55. The molecule has 0 amide bonds. The Bertz CT molecular complexity index is 633. The van der Waals surface area contributed by atoms with Crippen LogP contribution in [0.3, 0.4) is 0 Å². The van der Waals surface area contributed by atoms with Gasteiger partial charge in [0.15, 0.2) is 17.5 Å². The van der Waals surface area contributed by atoms with Gasteiger partial charge >= 0.3 is 0 Å². The summed E-state index contributed by atoms with van der Waals surface area (Å²) in [6.45, 7) is 4.21. The Labute approximate surface area is 164 Å². The molecule has 1 aromatic heterocycles. The average molecular weight is 461 g/mol. The number of guanidine groups is 1. The van der Waals surface area contributed by atoms with E-state index in [-0.39, 0.29) is 24.0 Å². The first kappa shape index (κ1) is 20.6. The molecule has 1 aromatic carbocycles. The van der Waals surface area contributed by atoms with Gasteiger partial charge in [-0.2, -0.15) is 11.3 Å². The Morgan fingerprint density at radius 3 is 2.50 bits per heavy atom. The first-order valence-electron chi connectivity index (χ1n) is 7.51. The van der Waals surface area contributed by atoms with Crippen molar-refractivity contribution in [1.29, 1.82) is 0 Å². The topological polar surface area (TPSA) is 54.9 Å². The molecule has 0 spiro atoms. The highest BCUT2D eigenvalue weighted by molar-refractivity contribution is 14.0. The molecule has 0 atom stereocenters. The summed E-state index contributed by atoms with van der Waals surface area (Å²) in [5.41, 5.74) is 2.32. The maximum absolute atomic E-state index is 5.33. The number of nitrogens with zero attached hydrogens (tertiary/aromatic N) is 1. The summed E-state index contributed by atoms with van der Waals surface area (Å²) in [6, 6.07) is 7.97. The fourth-order valence-electron chi connectivity index (χ4n) is 2.07. The maximum Gasteiger partial charge on any atom is 0.191 e. The van der Waals surface area contributed by atoms with Crippen LogP contribution in [0.25, 0.3) is 0 Å². The van der Waals surface area contributed by atoms with Crippen molar-refractivity contribution in [2.45, 2.75) is 20.0 Å². The van der Waals surface area contributed by atoms with E-state index in [4.69, 9.17) is 9.47 Å². The fourth-order valence-corrected chi connectivity index (χ4v) is 2.73. The van der Waals surface area contributed by atoms with Crippen molar-refractivity contribution >= 4 is 41.3 Å². The molecule has 2 N–H and O–H groups in total. The number of ether oxygens (including phenoxy) is 2. The number of benzene rings is 1. The molecule has 0 unspecified atom stereocenters. The normalized spacial score (nSPS) is 10.7. The van der Waals surface area contributed by atoms with Crippen molar-refractivity contribution in [2.24, 2.45) is 4.99 Å². The van der Waals surface area contributed by atoms with E-state index in [0.717, 1.165) is 29.6 Å². The summed E-state index contributed by atoms with van der Waals surface area (Å²) in [6.07, 6.45) is 0. The molecular weight excluding hydrogens is 437 g/mol. The number of nitrogens with one attached hydrogen (secondary N) is 2. The van der Waals surface area contributed by atoms with Crippen LogP contribution in [0.4, 0.5) is 0 Å². The van der Waals surface area contributed by atoms with Gasteiger partial charge in [0.05, 0.1) is 20.8 Å². The highest BCUT2D eigenvalue weighted by Gasteiger charge is 2.05. The first-order chi connectivity index (χ1) is 11.3. The molecular formula is C17H24IN3O2S. The van der Waals surface area contributed by atoms with Crippen molar-refractivity contribution in [3.05, 3.63) is 46.2 Å². The lowest BCUT2D eigenvalue weighted by atomic mass is 10.2. The molecule has 0 saturated heterocycles. The molecule has 1 heterocycles. The van der Waals surface area contributed by atoms with Crippen molar-refractivity contribution in [1.82, 2.24) is 10.6 Å². The number of hydrogen-bond donors (Lipinski definition) is 2. The van der Waals surface area contributed by atoms with Gasteiger partial charge in [-0.3, -0.25) is 0 Å². The monoisotopic (exact) mass is 461 g/mol. The predicted molar refractivity (Wildman–Crippen MR) is 111 cm³/mol. The van der Waals surface area contributed by atoms with Gasteiger partial charge in [0.1, 0.15) is 0 Å². The number of aliphatic imine (C=N–C) groups is 1. The maximum atomic E-state index is 5.33. The zero-order valence-electron chi connectivity index (χ0n) is 14.2. The van der Waals surface area contributed by atoms with Crippen LogP contribution in [0, 0.1) is 0 Å². The molecule has 132 valence electrons. The molecule has 5 nitrogen and oxygen atoms in total. The molecule has 2 aromatic rings. The summed E-state index contributed by atoms with van der Waals surface area (Å²) in [4.78, 5) is 4.59. The van der Waals surface area contributed by atoms with E-state index in [1.54, 1.807) is 25.6 Å². The lowest BCUT2D eigenvalue weighted by Gasteiger charge is -2.13. The van der Waals surface area contributed by atoms with E-state index < -0.39 is 0 Å². The highest BCUT2D eigenvalue weighted by atomic mass is 127. The molecule has 24 heavy (non-hydrogen) atoms. The van der Waals surface area contributed by atoms with Gasteiger partial charge < -0.3 is 20.1 Å². The molecule has 2 rings (SSSR count). The van der Waals surface area contributed by atoms with Gasteiger partial charge in [0.2, 0.25) is 0 Å². The van der Waals surface area contributed by atoms with E-state index in [1.165, 1.54) is 5.56 Å². The smallest absolute Gasteiger partial charge is 0.191 e. The molecule has 0 aliphatic heterocycles. The average Bonchev–Trinajstić information content (AvgIpc) is 3.10. The third-order valence-corrected chi connectivity index (χ3v) is 3.98. The molecule has 0 aliphatic carbocycles. The lowest BCUT2D eigenvalue weighted by molar-refractivity contribution is 0.354.